The first-order chi connectivity index (χ1) is 7.22. The van der Waals surface area contributed by atoms with Crippen LogP contribution in [0.15, 0.2) is 24.4 Å². The standard InChI is InChI=1S/C13H20N2/c1-4-9-14-11(2)5-7-13-8-6-12(3)15-10-13/h5-8,10-11,14H,4,9H2,1-3H3/b7-5+. The smallest absolute Gasteiger partial charge is 0.0373 e. The van der Waals surface area contributed by atoms with E-state index < -0.39 is 0 Å². The van der Waals surface area contributed by atoms with Gasteiger partial charge < -0.3 is 5.32 Å². The summed E-state index contributed by atoms with van der Waals surface area (Å²) in [6.07, 6.45) is 7.35. The maximum absolute atomic E-state index is 4.25. The summed E-state index contributed by atoms with van der Waals surface area (Å²) in [5.74, 6) is 0. The molecule has 2 nitrogen and oxygen atoms in total. The zero-order chi connectivity index (χ0) is 11.1. The summed E-state index contributed by atoms with van der Waals surface area (Å²) in [5, 5.41) is 3.41. The van der Waals surface area contributed by atoms with E-state index in [1.807, 2.05) is 19.2 Å². The van der Waals surface area contributed by atoms with Crippen molar-refractivity contribution in [3.63, 3.8) is 0 Å². The van der Waals surface area contributed by atoms with E-state index in [1.54, 1.807) is 0 Å². The van der Waals surface area contributed by atoms with Gasteiger partial charge in [-0.15, -0.1) is 0 Å². The van der Waals surface area contributed by atoms with Gasteiger partial charge in [0.25, 0.3) is 0 Å². The largest absolute Gasteiger partial charge is 0.311 e. The minimum absolute atomic E-state index is 0.422. The molecule has 1 N–H and O–H groups in total. The molecular formula is C13H20N2. The van der Waals surface area contributed by atoms with Gasteiger partial charge in [0.2, 0.25) is 0 Å². The Morgan fingerprint density at radius 3 is 2.87 bits per heavy atom. The van der Waals surface area contributed by atoms with Gasteiger partial charge in [0, 0.05) is 17.9 Å². The average molecular weight is 204 g/mol. The molecule has 0 saturated carbocycles. The highest BCUT2D eigenvalue weighted by Crippen LogP contribution is 2.02. The van der Waals surface area contributed by atoms with Crippen molar-refractivity contribution in [3.05, 3.63) is 35.7 Å². The fourth-order valence-corrected chi connectivity index (χ4v) is 1.27. The summed E-state index contributed by atoms with van der Waals surface area (Å²) < 4.78 is 0. The Morgan fingerprint density at radius 2 is 2.27 bits per heavy atom. The van der Waals surface area contributed by atoms with Crippen molar-refractivity contribution in [2.75, 3.05) is 6.54 Å². The lowest BCUT2D eigenvalue weighted by Gasteiger charge is -2.07. The lowest BCUT2D eigenvalue weighted by atomic mass is 10.2. The van der Waals surface area contributed by atoms with E-state index in [2.05, 4.69) is 42.4 Å². The summed E-state index contributed by atoms with van der Waals surface area (Å²) in [5.41, 5.74) is 2.22. The molecule has 1 aromatic rings. The molecule has 0 bridgehead atoms. The van der Waals surface area contributed by atoms with Crippen molar-refractivity contribution in [3.8, 4) is 0 Å². The van der Waals surface area contributed by atoms with E-state index >= 15 is 0 Å². The van der Waals surface area contributed by atoms with Crippen LogP contribution in [0.1, 0.15) is 31.5 Å². The number of nitrogens with zero attached hydrogens (tertiary/aromatic N) is 1. The molecule has 0 fully saturated rings. The number of rotatable bonds is 5. The van der Waals surface area contributed by atoms with Gasteiger partial charge in [-0.25, -0.2) is 0 Å². The van der Waals surface area contributed by atoms with E-state index in [9.17, 15) is 0 Å². The van der Waals surface area contributed by atoms with Crippen molar-refractivity contribution in [1.29, 1.82) is 0 Å². The summed E-state index contributed by atoms with van der Waals surface area (Å²) in [6, 6.07) is 4.54. The maximum atomic E-state index is 4.25. The maximum Gasteiger partial charge on any atom is 0.0373 e. The van der Waals surface area contributed by atoms with E-state index in [-0.39, 0.29) is 0 Å². The lowest BCUT2D eigenvalue weighted by Crippen LogP contribution is -2.24. The Labute approximate surface area is 92.4 Å². The van der Waals surface area contributed by atoms with Crippen LogP contribution in [0.3, 0.4) is 0 Å². The molecule has 1 unspecified atom stereocenters. The van der Waals surface area contributed by atoms with Crippen LogP contribution in [0.5, 0.6) is 0 Å². The first-order valence-electron chi connectivity index (χ1n) is 5.56. The molecule has 1 atom stereocenters. The first-order valence-corrected chi connectivity index (χ1v) is 5.56. The highest BCUT2D eigenvalue weighted by atomic mass is 14.9. The second-order valence-corrected chi connectivity index (χ2v) is 3.83. The molecule has 0 aliphatic heterocycles. The number of aromatic nitrogens is 1. The van der Waals surface area contributed by atoms with Crippen LogP contribution < -0.4 is 5.32 Å². The summed E-state index contributed by atoms with van der Waals surface area (Å²) in [4.78, 5) is 4.25. The third kappa shape index (κ3) is 4.75. The summed E-state index contributed by atoms with van der Waals surface area (Å²) in [7, 11) is 0. The van der Waals surface area contributed by atoms with E-state index in [0.717, 1.165) is 17.8 Å². The number of aryl methyl sites for hydroxylation is 1. The van der Waals surface area contributed by atoms with Crippen molar-refractivity contribution < 1.29 is 0 Å². The number of pyridine rings is 1. The van der Waals surface area contributed by atoms with Crippen molar-refractivity contribution in [1.82, 2.24) is 10.3 Å². The third-order valence-electron chi connectivity index (χ3n) is 2.23. The molecule has 0 aliphatic rings. The zero-order valence-corrected chi connectivity index (χ0v) is 9.83. The molecule has 82 valence electrons. The van der Waals surface area contributed by atoms with Crippen LogP contribution >= 0.6 is 0 Å². The monoisotopic (exact) mass is 204 g/mol. The number of hydrogen-bond donors (Lipinski definition) is 1. The highest BCUT2D eigenvalue weighted by molar-refractivity contribution is 5.48. The molecular weight excluding hydrogens is 184 g/mol. The van der Waals surface area contributed by atoms with Crippen LogP contribution in [0, 0.1) is 6.92 Å². The molecule has 0 saturated heterocycles. The normalized spacial score (nSPS) is 13.3. The van der Waals surface area contributed by atoms with E-state index in [1.165, 1.54) is 6.42 Å². The molecule has 0 radical (unpaired) electrons. The van der Waals surface area contributed by atoms with Gasteiger partial charge in [-0.3, -0.25) is 4.98 Å². The fraction of sp³-hybridized carbons (Fsp3) is 0.462. The van der Waals surface area contributed by atoms with Crippen LogP contribution in [0.25, 0.3) is 6.08 Å². The minimum atomic E-state index is 0.422. The van der Waals surface area contributed by atoms with Gasteiger partial charge >= 0.3 is 0 Å². The molecule has 2 heteroatoms. The quantitative estimate of drug-likeness (QED) is 0.797. The Kier molecular flexibility index (Phi) is 5.05. The highest BCUT2D eigenvalue weighted by Gasteiger charge is 1.93. The van der Waals surface area contributed by atoms with Gasteiger partial charge in [0.15, 0.2) is 0 Å². The molecule has 1 heterocycles. The Bertz CT molecular complexity index is 301. The molecule has 1 aromatic heterocycles. The van der Waals surface area contributed by atoms with Gasteiger partial charge in [0.05, 0.1) is 0 Å². The molecule has 0 aliphatic carbocycles. The molecule has 15 heavy (non-hydrogen) atoms. The molecule has 1 rings (SSSR count). The Hall–Kier alpha value is -1.15. The predicted octanol–water partition coefficient (Wildman–Crippen LogP) is 2.79. The third-order valence-corrected chi connectivity index (χ3v) is 2.23. The van der Waals surface area contributed by atoms with Crippen molar-refractivity contribution in [2.24, 2.45) is 0 Å². The lowest BCUT2D eigenvalue weighted by molar-refractivity contribution is 0.625. The summed E-state index contributed by atoms with van der Waals surface area (Å²) >= 11 is 0. The molecule has 0 amide bonds. The second kappa shape index (κ2) is 6.36. The topological polar surface area (TPSA) is 24.9 Å². The molecule has 0 spiro atoms. The van der Waals surface area contributed by atoms with Gasteiger partial charge in [0.1, 0.15) is 0 Å². The van der Waals surface area contributed by atoms with Crippen LogP contribution in [-0.2, 0) is 0 Å². The van der Waals surface area contributed by atoms with Gasteiger partial charge in [-0.1, -0.05) is 25.1 Å². The fourth-order valence-electron chi connectivity index (χ4n) is 1.27. The van der Waals surface area contributed by atoms with E-state index in [0.29, 0.717) is 6.04 Å². The zero-order valence-electron chi connectivity index (χ0n) is 9.83. The van der Waals surface area contributed by atoms with Gasteiger partial charge in [-0.2, -0.15) is 0 Å². The second-order valence-electron chi connectivity index (χ2n) is 3.83. The average Bonchev–Trinajstić information content (AvgIpc) is 2.25. The van der Waals surface area contributed by atoms with Crippen molar-refractivity contribution >= 4 is 6.08 Å². The predicted molar refractivity (Wildman–Crippen MR) is 65.8 cm³/mol. The Morgan fingerprint density at radius 1 is 1.47 bits per heavy atom. The summed E-state index contributed by atoms with van der Waals surface area (Å²) in [6.45, 7) is 7.40. The van der Waals surface area contributed by atoms with E-state index in [4.69, 9.17) is 0 Å². The molecule has 0 aromatic carbocycles. The minimum Gasteiger partial charge on any atom is -0.311 e. The first kappa shape index (κ1) is 11.9. The SMILES string of the molecule is CCCNC(C)/C=C/c1ccc(C)nc1. The Balaban J connectivity index is 2.46. The van der Waals surface area contributed by atoms with Crippen molar-refractivity contribution in [2.45, 2.75) is 33.2 Å². The number of nitrogens with one attached hydrogen (secondary N) is 1. The van der Waals surface area contributed by atoms with Crippen LogP contribution in [0.2, 0.25) is 0 Å². The number of hydrogen-bond acceptors (Lipinski definition) is 2. The van der Waals surface area contributed by atoms with Crippen LogP contribution in [-0.4, -0.2) is 17.6 Å². The van der Waals surface area contributed by atoms with Gasteiger partial charge in [-0.05, 0) is 38.4 Å². The van der Waals surface area contributed by atoms with Crippen LogP contribution in [0.4, 0.5) is 0 Å².